The summed E-state index contributed by atoms with van der Waals surface area (Å²) in [7, 11) is 0. The van der Waals surface area contributed by atoms with Gasteiger partial charge in [0.15, 0.2) is 0 Å². The Balaban J connectivity index is 1.80. The van der Waals surface area contributed by atoms with E-state index in [2.05, 4.69) is 30.2 Å². The van der Waals surface area contributed by atoms with Crippen molar-refractivity contribution in [2.24, 2.45) is 0 Å². The summed E-state index contributed by atoms with van der Waals surface area (Å²) in [5.74, 6) is -0.191. The van der Waals surface area contributed by atoms with Crippen molar-refractivity contribution >= 4 is 11.6 Å². The molecule has 1 heterocycles. The summed E-state index contributed by atoms with van der Waals surface area (Å²) in [6.45, 7) is 7.36. The van der Waals surface area contributed by atoms with E-state index in [1.54, 1.807) is 11.0 Å². The number of aryl methyl sites for hydroxylation is 1. The molecule has 148 valence electrons. The van der Waals surface area contributed by atoms with E-state index < -0.39 is 4.92 Å². The van der Waals surface area contributed by atoms with Crippen LogP contribution >= 0.6 is 0 Å². The molecule has 1 amide bonds. The molecule has 0 saturated carbocycles. The van der Waals surface area contributed by atoms with Gasteiger partial charge in [-0.1, -0.05) is 30.3 Å². The maximum atomic E-state index is 13.0. The summed E-state index contributed by atoms with van der Waals surface area (Å²) in [4.78, 5) is 25.0. The van der Waals surface area contributed by atoms with Crippen LogP contribution < -0.4 is 0 Å². The standard InChI is InChI=1S/C23H23N3O3/c1-3-14-25(23(27)19-10-12-21(13-11-19)26(28)29)17-22-9-6-15-24(22)16-20-8-5-4-7-18(20)2/h3-13,15H,1,14,16-17H2,2H3. The molecule has 0 aliphatic rings. The lowest BCUT2D eigenvalue weighted by Crippen LogP contribution is -2.31. The van der Waals surface area contributed by atoms with Gasteiger partial charge in [-0.25, -0.2) is 0 Å². The van der Waals surface area contributed by atoms with Crippen molar-refractivity contribution in [3.63, 3.8) is 0 Å². The second-order valence-corrected chi connectivity index (χ2v) is 6.83. The van der Waals surface area contributed by atoms with Crippen LogP contribution in [0.1, 0.15) is 27.2 Å². The van der Waals surface area contributed by atoms with Crippen LogP contribution in [0.25, 0.3) is 0 Å². The van der Waals surface area contributed by atoms with Crippen LogP contribution in [0.5, 0.6) is 0 Å². The number of nitro groups is 1. The number of amides is 1. The Kier molecular flexibility index (Phi) is 6.24. The summed E-state index contributed by atoms with van der Waals surface area (Å²) in [6, 6.07) is 17.9. The highest BCUT2D eigenvalue weighted by Crippen LogP contribution is 2.17. The van der Waals surface area contributed by atoms with E-state index in [0.717, 1.165) is 12.2 Å². The Hall–Kier alpha value is -3.67. The SMILES string of the molecule is C=CCN(Cc1cccn1Cc1ccccc1C)C(=O)c1ccc([N+](=O)[O-])cc1. The van der Waals surface area contributed by atoms with Gasteiger partial charge in [-0.3, -0.25) is 14.9 Å². The fourth-order valence-electron chi connectivity index (χ4n) is 3.20. The third-order valence-corrected chi connectivity index (χ3v) is 4.84. The highest BCUT2D eigenvalue weighted by molar-refractivity contribution is 5.94. The third-order valence-electron chi connectivity index (χ3n) is 4.84. The van der Waals surface area contributed by atoms with Gasteiger partial charge >= 0.3 is 0 Å². The van der Waals surface area contributed by atoms with Crippen LogP contribution in [-0.2, 0) is 13.1 Å². The van der Waals surface area contributed by atoms with Gasteiger partial charge in [-0.15, -0.1) is 6.58 Å². The lowest BCUT2D eigenvalue weighted by atomic mass is 10.1. The molecule has 0 radical (unpaired) electrons. The summed E-state index contributed by atoms with van der Waals surface area (Å²) in [5, 5.41) is 10.8. The summed E-state index contributed by atoms with van der Waals surface area (Å²) < 4.78 is 2.13. The minimum atomic E-state index is -0.478. The maximum Gasteiger partial charge on any atom is 0.269 e. The molecule has 0 spiro atoms. The summed E-state index contributed by atoms with van der Waals surface area (Å²) >= 11 is 0. The normalized spacial score (nSPS) is 10.5. The zero-order valence-corrected chi connectivity index (χ0v) is 16.3. The van der Waals surface area contributed by atoms with Crippen molar-refractivity contribution in [1.82, 2.24) is 9.47 Å². The fraction of sp³-hybridized carbons (Fsp3) is 0.174. The number of hydrogen-bond donors (Lipinski definition) is 0. The quantitative estimate of drug-likeness (QED) is 0.322. The van der Waals surface area contributed by atoms with E-state index in [1.807, 2.05) is 30.5 Å². The lowest BCUT2D eigenvalue weighted by molar-refractivity contribution is -0.384. The Morgan fingerprint density at radius 2 is 1.86 bits per heavy atom. The Morgan fingerprint density at radius 3 is 2.52 bits per heavy atom. The number of benzene rings is 2. The molecule has 3 aromatic rings. The first-order valence-electron chi connectivity index (χ1n) is 9.32. The molecular formula is C23H23N3O3. The molecule has 0 aliphatic heterocycles. The van der Waals surface area contributed by atoms with E-state index in [4.69, 9.17) is 0 Å². The largest absolute Gasteiger partial charge is 0.345 e. The number of nitro benzene ring substituents is 1. The molecule has 0 N–H and O–H groups in total. The number of rotatable bonds is 8. The van der Waals surface area contributed by atoms with Crippen molar-refractivity contribution in [3.05, 3.63) is 112 Å². The lowest BCUT2D eigenvalue weighted by Gasteiger charge is -2.22. The number of nitrogens with zero attached hydrogens (tertiary/aromatic N) is 3. The molecule has 3 rings (SSSR count). The molecular weight excluding hydrogens is 366 g/mol. The molecule has 6 heteroatoms. The van der Waals surface area contributed by atoms with Gasteiger partial charge < -0.3 is 9.47 Å². The molecule has 0 unspecified atom stereocenters. The van der Waals surface area contributed by atoms with E-state index in [-0.39, 0.29) is 11.6 Å². The van der Waals surface area contributed by atoms with Gasteiger partial charge in [0.1, 0.15) is 0 Å². The molecule has 0 fully saturated rings. The zero-order chi connectivity index (χ0) is 20.8. The molecule has 0 atom stereocenters. The number of hydrogen-bond acceptors (Lipinski definition) is 3. The minimum absolute atomic E-state index is 0.0380. The number of carbonyl (C=O) groups excluding carboxylic acids is 1. The van der Waals surface area contributed by atoms with E-state index in [0.29, 0.717) is 18.7 Å². The molecule has 6 nitrogen and oxygen atoms in total. The first-order valence-corrected chi connectivity index (χ1v) is 9.32. The number of carbonyl (C=O) groups is 1. The van der Waals surface area contributed by atoms with Gasteiger partial charge in [0, 0.05) is 42.7 Å². The van der Waals surface area contributed by atoms with Crippen molar-refractivity contribution in [1.29, 1.82) is 0 Å². The highest BCUT2D eigenvalue weighted by Gasteiger charge is 2.18. The van der Waals surface area contributed by atoms with Gasteiger partial charge in [0.25, 0.3) is 11.6 Å². The fourth-order valence-corrected chi connectivity index (χ4v) is 3.20. The van der Waals surface area contributed by atoms with Crippen LogP contribution in [0.15, 0.2) is 79.5 Å². The third kappa shape index (κ3) is 4.79. The second kappa shape index (κ2) is 9.01. The van der Waals surface area contributed by atoms with Crippen LogP contribution in [-0.4, -0.2) is 26.8 Å². The average molecular weight is 389 g/mol. The van der Waals surface area contributed by atoms with E-state index in [1.165, 1.54) is 35.4 Å². The Morgan fingerprint density at radius 1 is 1.14 bits per heavy atom. The second-order valence-electron chi connectivity index (χ2n) is 6.83. The molecule has 2 aromatic carbocycles. The van der Waals surface area contributed by atoms with Gasteiger partial charge in [-0.05, 0) is 42.3 Å². The smallest absolute Gasteiger partial charge is 0.269 e. The summed E-state index contributed by atoms with van der Waals surface area (Å²) in [5.41, 5.74) is 3.82. The first-order chi connectivity index (χ1) is 14.0. The average Bonchev–Trinajstić information content (AvgIpc) is 3.15. The van der Waals surface area contributed by atoms with Gasteiger partial charge in [-0.2, -0.15) is 0 Å². The topological polar surface area (TPSA) is 68.4 Å². The highest BCUT2D eigenvalue weighted by atomic mass is 16.6. The monoisotopic (exact) mass is 389 g/mol. The first kappa shape index (κ1) is 20.1. The van der Waals surface area contributed by atoms with E-state index in [9.17, 15) is 14.9 Å². The number of aromatic nitrogens is 1. The van der Waals surface area contributed by atoms with Crippen molar-refractivity contribution in [3.8, 4) is 0 Å². The molecule has 0 bridgehead atoms. The van der Waals surface area contributed by atoms with Gasteiger partial charge in [0.2, 0.25) is 0 Å². The Labute approximate surface area is 169 Å². The van der Waals surface area contributed by atoms with Crippen LogP contribution in [0.4, 0.5) is 5.69 Å². The van der Waals surface area contributed by atoms with Gasteiger partial charge in [0.05, 0.1) is 11.5 Å². The predicted molar refractivity (Wildman–Crippen MR) is 113 cm³/mol. The zero-order valence-electron chi connectivity index (χ0n) is 16.3. The number of non-ortho nitro benzene ring substituents is 1. The Bertz CT molecular complexity index is 1020. The maximum absolute atomic E-state index is 13.0. The van der Waals surface area contributed by atoms with Crippen molar-refractivity contribution in [2.45, 2.75) is 20.0 Å². The van der Waals surface area contributed by atoms with Crippen LogP contribution in [0, 0.1) is 17.0 Å². The van der Waals surface area contributed by atoms with Crippen molar-refractivity contribution in [2.75, 3.05) is 6.54 Å². The van der Waals surface area contributed by atoms with E-state index >= 15 is 0 Å². The summed E-state index contributed by atoms with van der Waals surface area (Å²) in [6.07, 6.45) is 3.68. The predicted octanol–water partition coefficient (Wildman–Crippen LogP) is 4.58. The minimum Gasteiger partial charge on any atom is -0.345 e. The molecule has 0 aliphatic carbocycles. The van der Waals surface area contributed by atoms with Crippen LogP contribution in [0.2, 0.25) is 0 Å². The molecule has 1 aromatic heterocycles. The molecule has 0 saturated heterocycles. The van der Waals surface area contributed by atoms with Crippen molar-refractivity contribution < 1.29 is 9.72 Å². The molecule has 29 heavy (non-hydrogen) atoms. The van der Waals surface area contributed by atoms with Crippen LogP contribution in [0.3, 0.4) is 0 Å².